The molecule has 7 nitrogen and oxygen atoms in total. The molecule has 0 saturated heterocycles. The Bertz CT molecular complexity index is 640. The fraction of sp³-hybridized carbons (Fsp3) is 0.455. The van der Waals surface area contributed by atoms with Crippen molar-refractivity contribution in [2.45, 2.75) is 37.0 Å². The van der Waals surface area contributed by atoms with Crippen LogP contribution in [0.15, 0.2) is 25.6 Å². The SMILES string of the molecule is CCCNc1ncc(Br)c(Sc2n[nH]c(=O)n2CC)n1. The summed E-state index contributed by atoms with van der Waals surface area (Å²) in [5.41, 5.74) is -0.218. The number of hydrogen-bond acceptors (Lipinski definition) is 6. The molecule has 2 N–H and O–H groups in total. The fourth-order valence-electron chi connectivity index (χ4n) is 1.49. The van der Waals surface area contributed by atoms with Gasteiger partial charge in [0.25, 0.3) is 0 Å². The second-order valence-electron chi connectivity index (χ2n) is 3.93. The summed E-state index contributed by atoms with van der Waals surface area (Å²) in [5.74, 6) is 0.568. The van der Waals surface area contributed by atoms with Crippen molar-refractivity contribution >= 4 is 33.6 Å². The number of anilines is 1. The first kappa shape index (κ1) is 15.0. The summed E-state index contributed by atoms with van der Waals surface area (Å²) < 4.78 is 2.32. The van der Waals surface area contributed by atoms with Crippen molar-refractivity contribution in [2.75, 3.05) is 11.9 Å². The Morgan fingerprint density at radius 2 is 2.30 bits per heavy atom. The summed E-state index contributed by atoms with van der Waals surface area (Å²) in [7, 11) is 0. The van der Waals surface area contributed by atoms with Crippen LogP contribution in [-0.4, -0.2) is 31.3 Å². The van der Waals surface area contributed by atoms with Crippen molar-refractivity contribution < 1.29 is 0 Å². The molecule has 0 spiro atoms. The largest absolute Gasteiger partial charge is 0.354 e. The maximum atomic E-state index is 11.5. The Labute approximate surface area is 128 Å². The van der Waals surface area contributed by atoms with Gasteiger partial charge in [0.15, 0.2) is 5.16 Å². The van der Waals surface area contributed by atoms with Crippen LogP contribution in [0.4, 0.5) is 5.95 Å². The van der Waals surface area contributed by atoms with Gasteiger partial charge in [-0.1, -0.05) is 6.92 Å². The Balaban J connectivity index is 2.25. The van der Waals surface area contributed by atoms with Crippen molar-refractivity contribution in [1.29, 1.82) is 0 Å². The minimum Gasteiger partial charge on any atom is -0.354 e. The van der Waals surface area contributed by atoms with E-state index in [1.54, 1.807) is 10.8 Å². The van der Waals surface area contributed by atoms with Gasteiger partial charge in [0.2, 0.25) is 5.95 Å². The summed E-state index contributed by atoms with van der Waals surface area (Å²) in [4.78, 5) is 20.1. The van der Waals surface area contributed by atoms with E-state index in [-0.39, 0.29) is 5.69 Å². The number of nitrogens with zero attached hydrogens (tertiary/aromatic N) is 4. The molecule has 0 saturated carbocycles. The van der Waals surface area contributed by atoms with Gasteiger partial charge in [-0.15, -0.1) is 5.10 Å². The summed E-state index contributed by atoms with van der Waals surface area (Å²) in [6, 6.07) is 0. The van der Waals surface area contributed by atoms with Crippen molar-refractivity contribution in [2.24, 2.45) is 0 Å². The standard InChI is InChI=1S/C11H15BrN6OS/c1-3-5-13-9-14-6-7(12)8(15-9)20-11-17-16-10(19)18(11)4-2/h6H,3-5H2,1-2H3,(H,16,19)(H,13,14,15). The van der Waals surface area contributed by atoms with E-state index < -0.39 is 0 Å². The summed E-state index contributed by atoms with van der Waals surface area (Å²) in [5, 5.41) is 10.9. The van der Waals surface area contributed by atoms with Gasteiger partial charge in [-0.3, -0.25) is 4.57 Å². The lowest BCUT2D eigenvalue weighted by atomic mass is 10.5. The van der Waals surface area contributed by atoms with E-state index in [1.165, 1.54) is 11.8 Å². The van der Waals surface area contributed by atoms with Crippen LogP contribution in [-0.2, 0) is 6.54 Å². The predicted octanol–water partition coefficient (Wildman–Crippen LogP) is 2.12. The molecule has 0 amide bonds. The van der Waals surface area contributed by atoms with Crippen molar-refractivity contribution in [3.05, 3.63) is 21.2 Å². The highest BCUT2D eigenvalue weighted by Gasteiger charge is 2.13. The molecule has 0 radical (unpaired) electrons. The van der Waals surface area contributed by atoms with Crippen LogP contribution in [0.5, 0.6) is 0 Å². The summed E-state index contributed by atoms with van der Waals surface area (Å²) in [6.07, 6.45) is 2.69. The quantitative estimate of drug-likeness (QED) is 0.768. The molecule has 0 aliphatic rings. The average Bonchev–Trinajstić information content (AvgIpc) is 2.80. The van der Waals surface area contributed by atoms with E-state index in [1.807, 2.05) is 6.92 Å². The van der Waals surface area contributed by atoms with Gasteiger partial charge < -0.3 is 5.32 Å². The van der Waals surface area contributed by atoms with Crippen LogP contribution in [0.25, 0.3) is 0 Å². The number of nitrogens with one attached hydrogen (secondary N) is 2. The molecule has 0 aromatic carbocycles. The van der Waals surface area contributed by atoms with E-state index >= 15 is 0 Å². The lowest BCUT2D eigenvalue weighted by molar-refractivity contribution is 0.660. The molecule has 2 aromatic rings. The van der Waals surface area contributed by atoms with E-state index in [0.717, 1.165) is 17.4 Å². The van der Waals surface area contributed by atoms with Crippen LogP contribution in [0.3, 0.4) is 0 Å². The van der Waals surface area contributed by atoms with Crippen molar-refractivity contribution in [3.8, 4) is 0 Å². The van der Waals surface area contributed by atoms with Gasteiger partial charge in [-0.2, -0.15) is 0 Å². The number of aromatic nitrogens is 5. The zero-order chi connectivity index (χ0) is 14.5. The van der Waals surface area contributed by atoms with Gasteiger partial charge >= 0.3 is 5.69 Å². The topological polar surface area (TPSA) is 88.5 Å². The Kier molecular flexibility index (Phi) is 5.18. The fourth-order valence-corrected chi connectivity index (χ4v) is 2.79. The molecular weight excluding hydrogens is 344 g/mol. The van der Waals surface area contributed by atoms with E-state index in [0.29, 0.717) is 22.7 Å². The second-order valence-corrected chi connectivity index (χ2v) is 5.74. The first-order chi connectivity index (χ1) is 9.65. The van der Waals surface area contributed by atoms with Crippen LogP contribution >= 0.6 is 27.7 Å². The predicted molar refractivity (Wildman–Crippen MR) is 81.2 cm³/mol. The first-order valence-corrected chi connectivity index (χ1v) is 7.86. The maximum Gasteiger partial charge on any atom is 0.343 e. The number of aromatic amines is 1. The molecule has 9 heteroatoms. The van der Waals surface area contributed by atoms with Crippen molar-refractivity contribution in [3.63, 3.8) is 0 Å². The molecule has 0 fully saturated rings. The minimum absolute atomic E-state index is 0.218. The third-order valence-electron chi connectivity index (χ3n) is 2.47. The van der Waals surface area contributed by atoms with Gasteiger partial charge in [-0.25, -0.2) is 19.9 Å². The van der Waals surface area contributed by atoms with Crippen LogP contribution < -0.4 is 11.0 Å². The zero-order valence-electron chi connectivity index (χ0n) is 11.2. The smallest absolute Gasteiger partial charge is 0.343 e. The Hall–Kier alpha value is -1.35. The van der Waals surface area contributed by atoms with Crippen molar-refractivity contribution in [1.82, 2.24) is 24.7 Å². The molecule has 2 aromatic heterocycles. The molecule has 108 valence electrons. The monoisotopic (exact) mass is 358 g/mol. The molecule has 0 bridgehead atoms. The Morgan fingerprint density at radius 1 is 1.50 bits per heavy atom. The van der Waals surface area contributed by atoms with Crippen LogP contribution in [0, 0.1) is 0 Å². The Morgan fingerprint density at radius 3 is 3.00 bits per heavy atom. The highest BCUT2D eigenvalue weighted by Crippen LogP contribution is 2.30. The average molecular weight is 359 g/mol. The second kappa shape index (κ2) is 6.89. The number of hydrogen-bond donors (Lipinski definition) is 2. The highest BCUT2D eigenvalue weighted by molar-refractivity contribution is 9.10. The summed E-state index contributed by atoms with van der Waals surface area (Å²) >= 11 is 4.73. The number of rotatable bonds is 6. The number of H-pyrrole nitrogens is 1. The highest BCUT2D eigenvalue weighted by atomic mass is 79.9. The minimum atomic E-state index is -0.218. The lowest BCUT2D eigenvalue weighted by Gasteiger charge is -2.07. The molecule has 0 aliphatic carbocycles. The van der Waals surface area contributed by atoms with Crippen LogP contribution in [0.2, 0.25) is 0 Å². The molecule has 20 heavy (non-hydrogen) atoms. The molecule has 0 aliphatic heterocycles. The van der Waals surface area contributed by atoms with E-state index in [9.17, 15) is 4.79 Å². The first-order valence-electron chi connectivity index (χ1n) is 6.25. The van der Waals surface area contributed by atoms with E-state index in [2.05, 4.69) is 48.3 Å². The molecule has 0 unspecified atom stereocenters. The lowest BCUT2D eigenvalue weighted by Crippen LogP contribution is -2.16. The zero-order valence-corrected chi connectivity index (χ0v) is 13.6. The maximum absolute atomic E-state index is 11.5. The van der Waals surface area contributed by atoms with Gasteiger partial charge in [0.05, 0.1) is 4.47 Å². The number of halogens is 1. The third-order valence-corrected chi connectivity index (χ3v) is 4.31. The molecule has 2 heterocycles. The van der Waals surface area contributed by atoms with Gasteiger partial charge in [0, 0.05) is 19.3 Å². The van der Waals surface area contributed by atoms with Gasteiger partial charge in [-0.05, 0) is 41.0 Å². The van der Waals surface area contributed by atoms with E-state index in [4.69, 9.17) is 0 Å². The normalized spacial score (nSPS) is 10.8. The van der Waals surface area contributed by atoms with Crippen LogP contribution in [0.1, 0.15) is 20.3 Å². The molecule has 0 atom stereocenters. The molecule has 2 rings (SSSR count). The molecular formula is C11H15BrN6OS. The van der Waals surface area contributed by atoms with Gasteiger partial charge in [0.1, 0.15) is 5.03 Å². The summed E-state index contributed by atoms with van der Waals surface area (Å²) in [6.45, 7) is 5.34. The third kappa shape index (κ3) is 3.40.